The molecule has 0 saturated carbocycles. The van der Waals surface area contributed by atoms with Gasteiger partial charge in [-0.3, -0.25) is 9.59 Å². The molecule has 0 aliphatic rings. The minimum atomic E-state index is -0.515. The smallest absolute Gasteiger partial charge is 0.243 e. The second-order valence-electron chi connectivity index (χ2n) is 7.66. The van der Waals surface area contributed by atoms with Gasteiger partial charge in [-0.05, 0) is 61.7 Å². The van der Waals surface area contributed by atoms with E-state index in [0.29, 0.717) is 30.2 Å². The first-order valence-corrected chi connectivity index (χ1v) is 12.3. The van der Waals surface area contributed by atoms with Crippen molar-refractivity contribution >= 4 is 35.2 Å². The molecule has 32 heavy (non-hydrogen) atoms. The number of benzene rings is 2. The van der Waals surface area contributed by atoms with E-state index in [9.17, 15) is 9.59 Å². The third-order valence-electron chi connectivity index (χ3n) is 5.30. The zero-order valence-corrected chi connectivity index (χ0v) is 20.8. The highest BCUT2D eigenvalue weighted by atomic mass is 35.5. The molecule has 0 aliphatic carbocycles. The van der Waals surface area contributed by atoms with Gasteiger partial charge in [0.25, 0.3) is 0 Å². The fourth-order valence-corrected chi connectivity index (χ4v) is 4.19. The molecule has 0 saturated heterocycles. The van der Waals surface area contributed by atoms with Crippen LogP contribution in [0.3, 0.4) is 0 Å². The van der Waals surface area contributed by atoms with Crippen LogP contribution in [0.4, 0.5) is 0 Å². The van der Waals surface area contributed by atoms with Crippen molar-refractivity contribution in [3.63, 3.8) is 0 Å². The first-order chi connectivity index (χ1) is 15.4. The number of amides is 2. The summed E-state index contributed by atoms with van der Waals surface area (Å²) in [5.41, 5.74) is 0.958. The molecule has 2 amide bonds. The Balaban J connectivity index is 2.13. The van der Waals surface area contributed by atoms with E-state index in [1.165, 1.54) is 0 Å². The molecule has 2 aromatic rings. The van der Waals surface area contributed by atoms with Gasteiger partial charge in [-0.1, -0.05) is 37.6 Å². The molecule has 0 aromatic heterocycles. The molecule has 174 valence electrons. The summed E-state index contributed by atoms with van der Waals surface area (Å²) in [6, 6.07) is 14.7. The lowest BCUT2D eigenvalue weighted by molar-refractivity contribution is -0.141. The first kappa shape index (κ1) is 26.1. The molecule has 1 N–H and O–H groups in total. The highest BCUT2D eigenvalue weighted by molar-refractivity contribution is 7.99. The van der Waals surface area contributed by atoms with Crippen LogP contribution in [0.25, 0.3) is 0 Å². The first-order valence-electron chi connectivity index (χ1n) is 11.0. The average molecular weight is 477 g/mol. The van der Waals surface area contributed by atoms with E-state index in [-0.39, 0.29) is 17.9 Å². The van der Waals surface area contributed by atoms with Crippen molar-refractivity contribution in [2.24, 2.45) is 0 Å². The largest absolute Gasteiger partial charge is 0.497 e. The van der Waals surface area contributed by atoms with Crippen LogP contribution in [0, 0.1) is 0 Å². The number of halogens is 1. The quantitative estimate of drug-likeness (QED) is 0.408. The lowest BCUT2D eigenvalue weighted by atomic mass is 10.1. The molecular formula is C25H33ClN2O3S. The standard InChI is InChI=1S/C25H33ClN2O3S/c1-5-18(3)27-25(30)23(6-2)28(17-19-7-11-21(31-4)12-8-19)24(29)15-16-32-22-13-9-20(26)10-14-22/h7-14,18,23H,5-6,15-17H2,1-4H3,(H,27,30)/t18-,23+/m0/s1. The fourth-order valence-electron chi connectivity index (χ4n) is 3.22. The second kappa shape index (κ2) is 13.4. The number of nitrogens with one attached hydrogen (secondary N) is 1. The maximum absolute atomic E-state index is 13.3. The third-order valence-corrected chi connectivity index (χ3v) is 6.56. The highest BCUT2D eigenvalue weighted by Crippen LogP contribution is 2.22. The van der Waals surface area contributed by atoms with Gasteiger partial charge in [-0.15, -0.1) is 11.8 Å². The molecule has 2 atom stereocenters. The number of carbonyl (C=O) groups is 2. The van der Waals surface area contributed by atoms with E-state index < -0.39 is 6.04 Å². The average Bonchev–Trinajstić information content (AvgIpc) is 2.80. The molecule has 0 fully saturated rings. The molecule has 2 rings (SSSR count). The summed E-state index contributed by atoms with van der Waals surface area (Å²) in [7, 11) is 1.62. The van der Waals surface area contributed by atoms with E-state index in [0.717, 1.165) is 22.6 Å². The van der Waals surface area contributed by atoms with Crippen molar-refractivity contribution < 1.29 is 14.3 Å². The Kier molecular flexibility index (Phi) is 10.9. The molecule has 0 aliphatic heterocycles. The summed E-state index contributed by atoms with van der Waals surface area (Å²) >= 11 is 7.55. The summed E-state index contributed by atoms with van der Waals surface area (Å²) in [6.45, 7) is 6.32. The molecule has 2 aromatic carbocycles. The van der Waals surface area contributed by atoms with Crippen molar-refractivity contribution in [1.82, 2.24) is 10.2 Å². The minimum absolute atomic E-state index is 0.0339. The predicted molar refractivity (Wildman–Crippen MR) is 132 cm³/mol. The van der Waals surface area contributed by atoms with E-state index in [1.54, 1.807) is 23.8 Å². The van der Waals surface area contributed by atoms with E-state index in [1.807, 2.05) is 69.3 Å². The normalized spacial score (nSPS) is 12.7. The number of ether oxygens (including phenoxy) is 1. The number of hydrogen-bond donors (Lipinski definition) is 1. The van der Waals surface area contributed by atoms with E-state index >= 15 is 0 Å². The van der Waals surface area contributed by atoms with Crippen LogP contribution >= 0.6 is 23.4 Å². The van der Waals surface area contributed by atoms with Gasteiger partial charge in [0.2, 0.25) is 11.8 Å². The third kappa shape index (κ3) is 8.06. The van der Waals surface area contributed by atoms with Crippen LogP contribution in [0.1, 0.15) is 45.6 Å². The van der Waals surface area contributed by atoms with Gasteiger partial charge in [-0.2, -0.15) is 0 Å². The lowest BCUT2D eigenvalue weighted by Gasteiger charge is -2.31. The van der Waals surface area contributed by atoms with Gasteiger partial charge >= 0.3 is 0 Å². The second-order valence-corrected chi connectivity index (χ2v) is 9.27. The molecule has 7 heteroatoms. The van der Waals surface area contributed by atoms with Crippen LogP contribution in [0.2, 0.25) is 5.02 Å². The van der Waals surface area contributed by atoms with Gasteiger partial charge in [0.05, 0.1) is 7.11 Å². The Bertz CT molecular complexity index is 858. The summed E-state index contributed by atoms with van der Waals surface area (Å²) in [4.78, 5) is 29.0. The maximum atomic E-state index is 13.3. The summed E-state index contributed by atoms with van der Waals surface area (Å²) in [6.07, 6.45) is 1.73. The Labute approximate surface area is 200 Å². The van der Waals surface area contributed by atoms with Gasteiger partial charge in [0.15, 0.2) is 0 Å². The number of hydrogen-bond acceptors (Lipinski definition) is 4. The van der Waals surface area contributed by atoms with Gasteiger partial charge < -0.3 is 15.0 Å². The van der Waals surface area contributed by atoms with Gasteiger partial charge in [-0.25, -0.2) is 0 Å². The minimum Gasteiger partial charge on any atom is -0.497 e. The number of nitrogens with zero attached hydrogens (tertiary/aromatic N) is 1. The Morgan fingerprint density at radius 3 is 2.28 bits per heavy atom. The molecule has 0 unspecified atom stereocenters. The number of thioether (sulfide) groups is 1. The Hall–Kier alpha value is -2.18. The SMILES string of the molecule is CC[C@H](C(=O)N[C@@H](C)CC)N(Cc1ccc(OC)cc1)C(=O)CCSc1ccc(Cl)cc1. The highest BCUT2D eigenvalue weighted by Gasteiger charge is 2.29. The monoisotopic (exact) mass is 476 g/mol. The van der Waals surface area contributed by atoms with Crippen molar-refractivity contribution in [2.45, 2.75) is 63.6 Å². The van der Waals surface area contributed by atoms with Crippen LogP contribution < -0.4 is 10.1 Å². The number of methoxy groups -OCH3 is 1. The van der Waals surface area contributed by atoms with Crippen LogP contribution in [0.15, 0.2) is 53.4 Å². The lowest BCUT2D eigenvalue weighted by Crippen LogP contribution is -2.50. The van der Waals surface area contributed by atoms with Crippen molar-refractivity contribution in [1.29, 1.82) is 0 Å². The molecule has 0 spiro atoms. The van der Waals surface area contributed by atoms with E-state index in [4.69, 9.17) is 16.3 Å². The van der Waals surface area contributed by atoms with Crippen molar-refractivity contribution in [3.8, 4) is 5.75 Å². The fraction of sp³-hybridized carbons (Fsp3) is 0.440. The summed E-state index contributed by atoms with van der Waals surface area (Å²) in [5, 5.41) is 3.73. The molecule has 0 radical (unpaired) electrons. The molecule has 0 bridgehead atoms. The molecular weight excluding hydrogens is 444 g/mol. The van der Waals surface area contributed by atoms with Gasteiger partial charge in [0, 0.05) is 34.7 Å². The van der Waals surface area contributed by atoms with Crippen LogP contribution in [-0.2, 0) is 16.1 Å². The van der Waals surface area contributed by atoms with Gasteiger partial charge in [0.1, 0.15) is 11.8 Å². The zero-order valence-electron chi connectivity index (χ0n) is 19.3. The maximum Gasteiger partial charge on any atom is 0.243 e. The topological polar surface area (TPSA) is 58.6 Å². The predicted octanol–water partition coefficient (Wildman–Crippen LogP) is 5.55. The van der Waals surface area contributed by atoms with Crippen molar-refractivity contribution in [3.05, 3.63) is 59.1 Å². The number of carbonyl (C=O) groups excluding carboxylic acids is 2. The van der Waals surface area contributed by atoms with Crippen LogP contribution in [-0.4, -0.2) is 41.7 Å². The summed E-state index contributed by atoms with van der Waals surface area (Å²) < 4.78 is 5.23. The molecule has 0 heterocycles. The number of rotatable bonds is 12. The zero-order chi connectivity index (χ0) is 23.5. The van der Waals surface area contributed by atoms with Crippen molar-refractivity contribution in [2.75, 3.05) is 12.9 Å². The summed E-state index contributed by atoms with van der Waals surface area (Å²) in [5.74, 6) is 1.25. The Morgan fingerprint density at radius 2 is 1.72 bits per heavy atom. The molecule has 5 nitrogen and oxygen atoms in total. The van der Waals surface area contributed by atoms with Crippen LogP contribution in [0.5, 0.6) is 5.75 Å². The Morgan fingerprint density at radius 1 is 1.06 bits per heavy atom. The van der Waals surface area contributed by atoms with E-state index in [2.05, 4.69) is 5.32 Å².